The molecule has 4 aromatic rings. The van der Waals surface area contributed by atoms with Gasteiger partial charge < -0.3 is 10.2 Å². The van der Waals surface area contributed by atoms with Crippen molar-refractivity contribution in [3.8, 4) is 6.07 Å². The second-order valence-corrected chi connectivity index (χ2v) is 6.92. The molecule has 146 valence electrons. The summed E-state index contributed by atoms with van der Waals surface area (Å²) in [4.78, 5) is 11.5. The first-order chi connectivity index (χ1) is 14.7. The van der Waals surface area contributed by atoms with Gasteiger partial charge in [0.15, 0.2) is 0 Å². The fourth-order valence-corrected chi connectivity index (χ4v) is 3.22. The lowest BCUT2D eigenvalue weighted by Crippen LogP contribution is -2.18. The number of rotatable bonds is 6. The molecule has 0 saturated carbocycles. The average Bonchev–Trinajstić information content (AvgIpc) is 2.78. The van der Waals surface area contributed by atoms with Gasteiger partial charge in [0, 0.05) is 29.7 Å². The van der Waals surface area contributed by atoms with Crippen LogP contribution in [-0.2, 0) is 6.54 Å². The number of hydrogen-bond donors (Lipinski definition) is 1. The lowest BCUT2D eigenvalue weighted by atomic mass is 10.2. The van der Waals surface area contributed by atoms with E-state index < -0.39 is 0 Å². The largest absolute Gasteiger partial charge is 0.324 e. The van der Waals surface area contributed by atoms with Gasteiger partial charge in [-0.2, -0.15) is 10.2 Å². The maximum Gasteiger partial charge on any atom is 0.229 e. The SMILES string of the molecule is Cc1cc(N(Cc2ccccc2)c2ccccc2)nc(Nc2cccc(C#N)c2)n1. The van der Waals surface area contributed by atoms with Crippen molar-refractivity contribution in [2.45, 2.75) is 13.5 Å². The Labute approximate surface area is 176 Å². The van der Waals surface area contributed by atoms with Gasteiger partial charge in [-0.15, -0.1) is 0 Å². The molecule has 0 amide bonds. The quantitative estimate of drug-likeness (QED) is 0.454. The van der Waals surface area contributed by atoms with E-state index in [4.69, 9.17) is 10.2 Å². The van der Waals surface area contributed by atoms with Crippen LogP contribution in [0.5, 0.6) is 0 Å². The number of aromatic nitrogens is 2. The van der Waals surface area contributed by atoms with Crippen LogP contribution in [0.2, 0.25) is 0 Å². The third-order valence-electron chi connectivity index (χ3n) is 4.62. The summed E-state index contributed by atoms with van der Waals surface area (Å²) in [5.74, 6) is 1.30. The molecule has 0 bridgehead atoms. The van der Waals surface area contributed by atoms with Gasteiger partial charge in [0.1, 0.15) is 5.82 Å². The molecule has 3 aromatic carbocycles. The molecule has 0 fully saturated rings. The lowest BCUT2D eigenvalue weighted by molar-refractivity contribution is 0.934. The first-order valence-corrected chi connectivity index (χ1v) is 9.71. The Morgan fingerprint density at radius 3 is 2.33 bits per heavy atom. The molecular formula is C25H21N5. The molecule has 0 unspecified atom stereocenters. The molecule has 1 aromatic heterocycles. The normalized spacial score (nSPS) is 10.3. The highest BCUT2D eigenvalue weighted by Gasteiger charge is 2.14. The Morgan fingerprint density at radius 2 is 1.60 bits per heavy atom. The van der Waals surface area contributed by atoms with Gasteiger partial charge in [0.2, 0.25) is 5.95 Å². The zero-order valence-corrected chi connectivity index (χ0v) is 16.7. The molecule has 1 heterocycles. The molecule has 30 heavy (non-hydrogen) atoms. The molecule has 0 aliphatic rings. The number of aryl methyl sites for hydroxylation is 1. The van der Waals surface area contributed by atoms with Crippen LogP contribution >= 0.6 is 0 Å². The number of para-hydroxylation sites is 1. The predicted octanol–water partition coefficient (Wildman–Crippen LogP) is 5.74. The highest BCUT2D eigenvalue weighted by Crippen LogP contribution is 2.28. The minimum Gasteiger partial charge on any atom is -0.324 e. The summed E-state index contributed by atoms with van der Waals surface area (Å²) < 4.78 is 0. The first kappa shape index (κ1) is 19.2. The number of nitrogens with zero attached hydrogens (tertiary/aromatic N) is 4. The van der Waals surface area contributed by atoms with Gasteiger partial charge in [-0.3, -0.25) is 0 Å². The van der Waals surface area contributed by atoms with Crippen molar-refractivity contribution in [2.24, 2.45) is 0 Å². The molecule has 0 aliphatic heterocycles. The average molecular weight is 391 g/mol. The zero-order chi connectivity index (χ0) is 20.8. The third kappa shape index (κ3) is 4.62. The first-order valence-electron chi connectivity index (χ1n) is 9.71. The van der Waals surface area contributed by atoms with Gasteiger partial charge in [0.25, 0.3) is 0 Å². The smallest absolute Gasteiger partial charge is 0.229 e. The number of benzene rings is 3. The van der Waals surface area contributed by atoms with E-state index in [9.17, 15) is 0 Å². The fourth-order valence-electron chi connectivity index (χ4n) is 3.22. The van der Waals surface area contributed by atoms with E-state index in [-0.39, 0.29) is 0 Å². The summed E-state index contributed by atoms with van der Waals surface area (Å²) >= 11 is 0. The van der Waals surface area contributed by atoms with Crippen LogP contribution in [-0.4, -0.2) is 9.97 Å². The monoisotopic (exact) mass is 391 g/mol. The van der Waals surface area contributed by atoms with E-state index >= 15 is 0 Å². The van der Waals surface area contributed by atoms with E-state index in [1.807, 2.05) is 61.5 Å². The molecule has 0 aliphatic carbocycles. The molecule has 0 spiro atoms. The van der Waals surface area contributed by atoms with Crippen molar-refractivity contribution in [1.82, 2.24) is 9.97 Å². The minimum atomic E-state index is 0.495. The van der Waals surface area contributed by atoms with Crippen molar-refractivity contribution < 1.29 is 0 Å². The molecule has 0 saturated heterocycles. The van der Waals surface area contributed by atoms with Crippen LogP contribution in [0.25, 0.3) is 0 Å². The maximum absolute atomic E-state index is 9.14. The zero-order valence-electron chi connectivity index (χ0n) is 16.7. The van der Waals surface area contributed by atoms with E-state index in [1.165, 1.54) is 5.56 Å². The van der Waals surface area contributed by atoms with Crippen LogP contribution in [0.4, 0.5) is 23.1 Å². The Hall–Kier alpha value is -4.17. The van der Waals surface area contributed by atoms with Gasteiger partial charge in [-0.1, -0.05) is 54.6 Å². The van der Waals surface area contributed by atoms with Crippen molar-refractivity contribution >= 4 is 23.1 Å². The lowest BCUT2D eigenvalue weighted by Gasteiger charge is -2.25. The number of hydrogen-bond acceptors (Lipinski definition) is 5. The van der Waals surface area contributed by atoms with Gasteiger partial charge in [0.05, 0.1) is 11.6 Å². The van der Waals surface area contributed by atoms with Crippen molar-refractivity contribution in [3.63, 3.8) is 0 Å². The number of nitriles is 1. The van der Waals surface area contributed by atoms with E-state index in [2.05, 4.69) is 45.5 Å². The second kappa shape index (κ2) is 8.89. The number of nitrogens with one attached hydrogen (secondary N) is 1. The van der Waals surface area contributed by atoms with Crippen molar-refractivity contribution in [2.75, 3.05) is 10.2 Å². The van der Waals surface area contributed by atoms with Gasteiger partial charge in [-0.25, -0.2) is 4.98 Å². The van der Waals surface area contributed by atoms with Crippen molar-refractivity contribution in [1.29, 1.82) is 5.26 Å². The Morgan fingerprint density at radius 1 is 0.867 bits per heavy atom. The highest BCUT2D eigenvalue weighted by molar-refractivity contribution is 5.63. The van der Waals surface area contributed by atoms with Crippen LogP contribution in [0.1, 0.15) is 16.8 Å². The molecule has 4 rings (SSSR count). The van der Waals surface area contributed by atoms with E-state index in [1.54, 1.807) is 12.1 Å². The summed E-state index contributed by atoms with van der Waals surface area (Å²) in [6.07, 6.45) is 0. The Balaban J connectivity index is 1.70. The molecule has 5 heteroatoms. The summed E-state index contributed by atoms with van der Waals surface area (Å²) in [5, 5.41) is 12.4. The Kier molecular flexibility index (Phi) is 5.68. The van der Waals surface area contributed by atoms with Crippen molar-refractivity contribution in [3.05, 3.63) is 108 Å². The topological polar surface area (TPSA) is 64.8 Å². The summed E-state index contributed by atoms with van der Waals surface area (Å²) in [6.45, 7) is 2.64. The fraction of sp³-hybridized carbons (Fsp3) is 0.0800. The molecule has 5 nitrogen and oxygen atoms in total. The van der Waals surface area contributed by atoms with E-state index in [0.29, 0.717) is 18.1 Å². The van der Waals surface area contributed by atoms with Crippen LogP contribution < -0.4 is 10.2 Å². The minimum absolute atomic E-state index is 0.495. The molecule has 0 atom stereocenters. The highest BCUT2D eigenvalue weighted by atomic mass is 15.2. The summed E-state index contributed by atoms with van der Waals surface area (Å²) in [5.41, 5.74) is 4.46. The Bertz CT molecular complexity index is 1170. The molecule has 1 N–H and O–H groups in total. The van der Waals surface area contributed by atoms with E-state index in [0.717, 1.165) is 22.9 Å². The number of anilines is 4. The van der Waals surface area contributed by atoms with Gasteiger partial charge in [-0.05, 0) is 42.8 Å². The summed E-state index contributed by atoms with van der Waals surface area (Å²) in [6, 6.07) is 31.9. The maximum atomic E-state index is 9.14. The van der Waals surface area contributed by atoms with Crippen LogP contribution in [0.15, 0.2) is 91.0 Å². The molecule has 0 radical (unpaired) electrons. The second-order valence-electron chi connectivity index (χ2n) is 6.92. The standard InChI is InChI=1S/C25H21N5/c1-19-15-24(29-25(27-19)28-22-12-8-11-21(16-22)17-26)30(23-13-6-3-7-14-23)18-20-9-4-2-5-10-20/h2-16H,18H2,1H3,(H,27,28,29). The van der Waals surface area contributed by atoms with Crippen LogP contribution in [0, 0.1) is 18.3 Å². The predicted molar refractivity (Wildman–Crippen MR) is 120 cm³/mol. The van der Waals surface area contributed by atoms with Gasteiger partial charge >= 0.3 is 0 Å². The molecular weight excluding hydrogens is 370 g/mol. The summed E-state index contributed by atoms with van der Waals surface area (Å²) in [7, 11) is 0. The third-order valence-corrected chi connectivity index (χ3v) is 4.62. The van der Waals surface area contributed by atoms with Crippen LogP contribution in [0.3, 0.4) is 0 Å².